The highest BCUT2D eigenvalue weighted by molar-refractivity contribution is 5.60. The normalized spacial score (nSPS) is 16.0. The monoisotopic (exact) mass is 336 g/mol. The molecule has 0 aliphatic heterocycles. The molecule has 2 N–H and O–H groups in total. The van der Waals surface area contributed by atoms with Gasteiger partial charge in [0.05, 0.1) is 11.3 Å². The average molecular weight is 336 g/mol. The van der Waals surface area contributed by atoms with Crippen molar-refractivity contribution in [1.29, 1.82) is 0 Å². The maximum atomic E-state index is 13.0. The molecule has 3 rings (SSSR count). The van der Waals surface area contributed by atoms with E-state index >= 15 is 0 Å². The van der Waals surface area contributed by atoms with E-state index in [9.17, 15) is 13.2 Å². The van der Waals surface area contributed by atoms with Crippen LogP contribution in [0.5, 0.6) is 0 Å². The van der Waals surface area contributed by atoms with Crippen molar-refractivity contribution in [3.8, 4) is 0 Å². The number of rotatable bonds is 4. The summed E-state index contributed by atoms with van der Waals surface area (Å²) in [6.07, 6.45) is 2.91. The van der Waals surface area contributed by atoms with Crippen LogP contribution in [0.2, 0.25) is 0 Å². The minimum absolute atomic E-state index is 0.0557. The lowest BCUT2D eigenvalue weighted by Crippen LogP contribution is -2.23. The summed E-state index contributed by atoms with van der Waals surface area (Å²) in [5.41, 5.74) is -0.793. The topological polar surface area (TPSA) is 49.8 Å². The number of benzene rings is 1. The van der Waals surface area contributed by atoms with E-state index in [4.69, 9.17) is 0 Å². The first-order valence-corrected chi connectivity index (χ1v) is 8.05. The maximum Gasteiger partial charge on any atom is 0.418 e. The largest absolute Gasteiger partial charge is 0.418 e. The van der Waals surface area contributed by atoms with Gasteiger partial charge in [0.25, 0.3) is 0 Å². The summed E-state index contributed by atoms with van der Waals surface area (Å²) < 4.78 is 39.1. The number of hydrogen-bond acceptors (Lipinski definition) is 4. The Bertz CT molecular complexity index is 682. The predicted molar refractivity (Wildman–Crippen MR) is 87.3 cm³/mol. The van der Waals surface area contributed by atoms with Crippen LogP contribution in [-0.2, 0) is 6.18 Å². The Morgan fingerprint density at radius 3 is 2.50 bits per heavy atom. The standard InChI is InChI=1S/C17H19F3N4/c18-17(19,20)13-8-4-5-9-14(13)23-16-21-11-10-15(24-16)22-12-6-2-1-3-7-12/h4-5,8-12H,1-3,6-7H2,(H2,21,22,23,24). The van der Waals surface area contributed by atoms with Crippen molar-refractivity contribution in [2.75, 3.05) is 10.6 Å². The van der Waals surface area contributed by atoms with E-state index in [-0.39, 0.29) is 11.6 Å². The van der Waals surface area contributed by atoms with Gasteiger partial charge in [-0.1, -0.05) is 31.4 Å². The Morgan fingerprint density at radius 1 is 1.00 bits per heavy atom. The van der Waals surface area contributed by atoms with E-state index in [0.29, 0.717) is 11.9 Å². The molecule has 1 aliphatic carbocycles. The fourth-order valence-electron chi connectivity index (χ4n) is 2.92. The summed E-state index contributed by atoms with van der Waals surface area (Å²) in [6, 6.07) is 7.40. The minimum atomic E-state index is -4.43. The number of halogens is 3. The van der Waals surface area contributed by atoms with Crippen LogP contribution in [0.4, 0.5) is 30.6 Å². The van der Waals surface area contributed by atoms with Crippen molar-refractivity contribution in [2.45, 2.75) is 44.3 Å². The summed E-state index contributed by atoms with van der Waals surface area (Å²) >= 11 is 0. The van der Waals surface area contributed by atoms with E-state index in [2.05, 4.69) is 20.6 Å². The molecule has 0 spiro atoms. The van der Waals surface area contributed by atoms with Crippen molar-refractivity contribution < 1.29 is 13.2 Å². The van der Waals surface area contributed by atoms with Gasteiger partial charge in [-0.3, -0.25) is 0 Å². The zero-order valence-corrected chi connectivity index (χ0v) is 13.1. The van der Waals surface area contributed by atoms with Gasteiger partial charge >= 0.3 is 6.18 Å². The van der Waals surface area contributed by atoms with E-state index < -0.39 is 11.7 Å². The lowest BCUT2D eigenvalue weighted by Gasteiger charge is -2.23. The quantitative estimate of drug-likeness (QED) is 0.826. The van der Waals surface area contributed by atoms with Crippen molar-refractivity contribution in [3.63, 3.8) is 0 Å². The third-order valence-corrected chi connectivity index (χ3v) is 4.09. The summed E-state index contributed by atoms with van der Waals surface area (Å²) in [4.78, 5) is 8.31. The average Bonchev–Trinajstić information content (AvgIpc) is 2.56. The molecular formula is C17H19F3N4. The zero-order valence-electron chi connectivity index (χ0n) is 13.1. The molecule has 0 radical (unpaired) electrons. The number of nitrogens with one attached hydrogen (secondary N) is 2. The lowest BCUT2D eigenvalue weighted by molar-refractivity contribution is -0.136. The van der Waals surface area contributed by atoms with Crippen LogP contribution in [0.25, 0.3) is 0 Å². The first-order valence-electron chi connectivity index (χ1n) is 8.05. The maximum absolute atomic E-state index is 13.0. The number of aromatic nitrogens is 2. The smallest absolute Gasteiger partial charge is 0.367 e. The van der Waals surface area contributed by atoms with Crippen LogP contribution >= 0.6 is 0 Å². The molecule has 0 amide bonds. The van der Waals surface area contributed by atoms with Crippen LogP contribution in [-0.4, -0.2) is 16.0 Å². The Hall–Kier alpha value is -2.31. The summed E-state index contributed by atoms with van der Waals surface area (Å²) in [7, 11) is 0. The Morgan fingerprint density at radius 2 is 1.75 bits per heavy atom. The summed E-state index contributed by atoms with van der Waals surface area (Å²) in [5, 5.41) is 6.01. The zero-order chi connectivity index (χ0) is 17.0. The van der Waals surface area contributed by atoms with Crippen LogP contribution in [0, 0.1) is 0 Å². The Kier molecular flexibility index (Phi) is 4.87. The minimum Gasteiger partial charge on any atom is -0.367 e. The van der Waals surface area contributed by atoms with Crippen LogP contribution in [0.1, 0.15) is 37.7 Å². The number of hydrogen-bond donors (Lipinski definition) is 2. The fourth-order valence-corrected chi connectivity index (χ4v) is 2.92. The number of nitrogens with zero attached hydrogens (tertiary/aromatic N) is 2. The van der Waals surface area contributed by atoms with Gasteiger partial charge in [-0.05, 0) is 31.0 Å². The molecule has 1 fully saturated rings. The van der Waals surface area contributed by atoms with Crippen LogP contribution < -0.4 is 10.6 Å². The molecule has 7 heteroatoms. The van der Waals surface area contributed by atoms with Crippen molar-refractivity contribution in [1.82, 2.24) is 9.97 Å². The van der Waals surface area contributed by atoms with Crippen LogP contribution in [0.15, 0.2) is 36.5 Å². The van der Waals surface area contributed by atoms with Gasteiger partial charge in [0.2, 0.25) is 5.95 Å². The molecular weight excluding hydrogens is 317 g/mol. The van der Waals surface area contributed by atoms with Crippen molar-refractivity contribution >= 4 is 17.5 Å². The molecule has 0 bridgehead atoms. The van der Waals surface area contributed by atoms with Crippen molar-refractivity contribution in [2.24, 2.45) is 0 Å². The molecule has 1 saturated carbocycles. The molecule has 1 aliphatic rings. The third kappa shape index (κ3) is 4.15. The van der Waals surface area contributed by atoms with Gasteiger partial charge in [0.15, 0.2) is 0 Å². The van der Waals surface area contributed by atoms with Gasteiger partial charge in [-0.15, -0.1) is 0 Å². The molecule has 1 aromatic heterocycles. The highest BCUT2D eigenvalue weighted by Gasteiger charge is 2.33. The van der Waals surface area contributed by atoms with Gasteiger partial charge in [0.1, 0.15) is 5.82 Å². The second-order valence-corrected chi connectivity index (χ2v) is 5.91. The van der Waals surface area contributed by atoms with Gasteiger partial charge in [-0.25, -0.2) is 4.98 Å². The second-order valence-electron chi connectivity index (χ2n) is 5.91. The lowest BCUT2D eigenvalue weighted by atomic mass is 9.95. The summed E-state index contributed by atoms with van der Waals surface area (Å²) in [6.45, 7) is 0. The molecule has 128 valence electrons. The van der Waals surface area contributed by atoms with E-state index in [1.807, 2.05) is 0 Å². The first-order chi connectivity index (χ1) is 11.5. The molecule has 1 heterocycles. The van der Waals surface area contributed by atoms with Crippen LogP contribution in [0.3, 0.4) is 0 Å². The highest BCUT2D eigenvalue weighted by Crippen LogP contribution is 2.35. The van der Waals surface area contributed by atoms with Crippen molar-refractivity contribution in [3.05, 3.63) is 42.1 Å². The molecule has 0 atom stereocenters. The van der Waals surface area contributed by atoms with Gasteiger partial charge in [-0.2, -0.15) is 18.2 Å². The van der Waals surface area contributed by atoms with E-state index in [1.54, 1.807) is 12.1 Å². The third-order valence-electron chi connectivity index (χ3n) is 4.09. The SMILES string of the molecule is FC(F)(F)c1ccccc1Nc1nccc(NC2CCCCC2)n1. The molecule has 1 aromatic carbocycles. The molecule has 0 unspecified atom stereocenters. The molecule has 4 nitrogen and oxygen atoms in total. The molecule has 24 heavy (non-hydrogen) atoms. The highest BCUT2D eigenvalue weighted by atomic mass is 19.4. The summed E-state index contributed by atoms with van der Waals surface area (Å²) in [5.74, 6) is 0.774. The van der Waals surface area contributed by atoms with Gasteiger partial charge < -0.3 is 10.6 Å². The Labute approximate surface area is 138 Å². The molecule has 0 saturated heterocycles. The van der Waals surface area contributed by atoms with Gasteiger partial charge in [0, 0.05) is 12.2 Å². The Balaban J connectivity index is 1.75. The van der Waals surface area contributed by atoms with E-state index in [1.165, 1.54) is 37.6 Å². The molecule has 2 aromatic rings. The number of alkyl halides is 3. The fraction of sp³-hybridized carbons (Fsp3) is 0.412. The number of para-hydroxylation sites is 1. The van der Waals surface area contributed by atoms with E-state index in [0.717, 1.165) is 18.9 Å². The predicted octanol–water partition coefficient (Wildman–Crippen LogP) is 4.98. The number of anilines is 3. The first kappa shape index (κ1) is 16.5. The second kappa shape index (κ2) is 7.07.